The van der Waals surface area contributed by atoms with E-state index < -0.39 is 0 Å². The smallest absolute Gasteiger partial charge is 0.278 e. The van der Waals surface area contributed by atoms with E-state index in [-0.39, 0.29) is 11.1 Å². The monoisotopic (exact) mass is 213 g/mol. The zero-order valence-corrected chi connectivity index (χ0v) is 8.80. The van der Waals surface area contributed by atoms with Crippen molar-refractivity contribution in [3.05, 3.63) is 35.6 Å². The zero-order chi connectivity index (χ0) is 10.6. The lowest BCUT2D eigenvalue weighted by molar-refractivity contribution is 0.234. The van der Waals surface area contributed by atoms with Crippen molar-refractivity contribution in [1.82, 2.24) is 4.90 Å². The number of hydrogen-bond acceptors (Lipinski definition) is 1. The molecule has 1 aromatic rings. The molecule has 14 heavy (non-hydrogen) atoms. The number of rotatable bonds is 3. The van der Waals surface area contributed by atoms with Crippen LogP contribution >= 0.6 is 12.6 Å². The van der Waals surface area contributed by atoms with Gasteiger partial charge in [0.1, 0.15) is 5.82 Å². The molecule has 0 saturated heterocycles. The van der Waals surface area contributed by atoms with Crippen molar-refractivity contribution in [3.63, 3.8) is 0 Å². The van der Waals surface area contributed by atoms with Gasteiger partial charge in [-0.15, -0.1) is 0 Å². The largest absolute Gasteiger partial charge is 0.337 e. The molecule has 1 amide bonds. The molecule has 0 aliphatic rings. The number of likely N-dealkylation sites (N-methyl/N-ethyl adjacent to an activating group) is 1. The van der Waals surface area contributed by atoms with Crippen molar-refractivity contribution >= 4 is 17.9 Å². The van der Waals surface area contributed by atoms with E-state index in [4.69, 9.17) is 0 Å². The minimum atomic E-state index is -0.257. The predicted octanol–water partition coefficient (Wildman–Crippen LogP) is 2.35. The maximum atomic E-state index is 12.5. The van der Waals surface area contributed by atoms with Gasteiger partial charge in [-0.3, -0.25) is 4.79 Å². The lowest BCUT2D eigenvalue weighted by atomic mass is 10.1. The summed E-state index contributed by atoms with van der Waals surface area (Å²) in [5, 5.41) is -0.257. The molecular weight excluding hydrogens is 201 g/mol. The third kappa shape index (κ3) is 3.38. The van der Waals surface area contributed by atoms with Gasteiger partial charge in [0.2, 0.25) is 0 Å². The molecule has 0 N–H and O–H groups in total. The molecule has 1 aromatic carbocycles. The van der Waals surface area contributed by atoms with Crippen molar-refractivity contribution in [1.29, 1.82) is 0 Å². The van der Waals surface area contributed by atoms with E-state index in [1.165, 1.54) is 17.0 Å². The van der Waals surface area contributed by atoms with E-state index in [1.807, 2.05) is 0 Å². The lowest BCUT2D eigenvalue weighted by Gasteiger charge is -2.13. The number of benzene rings is 1. The molecule has 0 aliphatic heterocycles. The van der Waals surface area contributed by atoms with Gasteiger partial charge in [0.05, 0.1) is 0 Å². The summed E-state index contributed by atoms with van der Waals surface area (Å²) in [5.74, 6) is -0.243. The number of carbonyl (C=O) groups excluding carboxylic acids is 1. The Morgan fingerprint density at radius 1 is 1.43 bits per heavy atom. The molecule has 0 spiro atoms. The molecular formula is C10H12FNOS. The van der Waals surface area contributed by atoms with Crippen LogP contribution in [0.5, 0.6) is 0 Å². The molecule has 0 fully saturated rings. The maximum absolute atomic E-state index is 12.5. The molecule has 0 aliphatic carbocycles. The highest BCUT2D eigenvalue weighted by Gasteiger charge is 2.02. The summed E-state index contributed by atoms with van der Waals surface area (Å²) >= 11 is 3.68. The Labute approximate surface area is 88.1 Å². The van der Waals surface area contributed by atoms with Gasteiger partial charge in [0.25, 0.3) is 5.24 Å². The topological polar surface area (TPSA) is 20.3 Å². The van der Waals surface area contributed by atoms with Crippen LogP contribution in [0.15, 0.2) is 24.3 Å². The average molecular weight is 213 g/mol. The molecule has 76 valence electrons. The SMILES string of the molecule is CN(CCc1ccc(F)cc1)C(=O)S. The Bertz CT molecular complexity index is 312. The fraction of sp³-hybridized carbons (Fsp3) is 0.300. The van der Waals surface area contributed by atoms with Crippen LogP contribution in [0.1, 0.15) is 5.56 Å². The fourth-order valence-electron chi connectivity index (χ4n) is 1.04. The first kappa shape index (κ1) is 11.0. The highest BCUT2D eigenvalue weighted by Crippen LogP contribution is 2.04. The Hall–Kier alpha value is -1.03. The summed E-state index contributed by atoms with van der Waals surface area (Å²) < 4.78 is 12.5. The van der Waals surface area contributed by atoms with E-state index in [9.17, 15) is 9.18 Å². The van der Waals surface area contributed by atoms with Gasteiger partial charge in [0, 0.05) is 13.6 Å². The molecule has 0 saturated carbocycles. The van der Waals surface area contributed by atoms with Crippen LogP contribution in [0.3, 0.4) is 0 Å². The first-order chi connectivity index (χ1) is 6.59. The van der Waals surface area contributed by atoms with Gasteiger partial charge in [-0.05, 0) is 24.1 Å². The summed E-state index contributed by atoms with van der Waals surface area (Å²) in [6, 6.07) is 6.26. The van der Waals surface area contributed by atoms with Gasteiger partial charge in [0.15, 0.2) is 0 Å². The van der Waals surface area contributed by atoms with Crippen molar-refractivity contribution in [3.8, 4) is 0 Å². The number of nitrogens with zero attached hydrogens (tertiary/aromatic N) is 1. The second kappa shape index (κ2) is 5.00. The first-order valence-corrected chi connectivity index (χ1v) is 4.73. The maximum Gasteiger partial charge on any atom is 0.278 e. The predicted molar refractivity (Wildman–Crippen MR) is 57.1 cm³/mol. The van der Waals surface area contributed by atoms with E-state index in [2.05, 4.69) is 12.6 Å². The van der Waals surface area contributed by atoms with Gasteiger partial charge in [-0.2, -0.15) is 0 Å². The van der Waals surface area contributed by atoms with E-state index in [1.54, 1.807) is 19.2 Å². The van der Waals surface area contributed by atoms with Gasteiger partial charge >= 0.3 is 0 Å². The summed E-state index contributed by atoms with van der Waals surface area (Å²) in [5.41, 5.74) is 1.01. The van der Waals surface area contributed by atoms with Crippen LogP contribution in [-0.4, -0.2) is 23.7 Å². The third-order valence-corrected chi connectivity index (χ3v) is 2.32. The summed E-state index contributed by atoms with van der Waals surface area (Å²) in [7, 11) is 1.68. The first-order valence-electron chi connectivity index (χ1n) is 4.28. The number of halogens is 1. The van der Waals surface area contributed by atoms with Crippen LogP contribution in [0.2, 0.25) is 0 Å². The molecule has 0 unspecified atom stereocenters. The van der Waals surface area contributed by atoms with Crippen molar-refractivity contribution in [2.45, 2.75) is 6.42 Å². The number of amides is 1. The lowest BCUT2D eigenvalue weighted by Crippen LogP contribution is -2.23. The minimum absolute atomic E-state index is 0.243. The molecule has 1 rings (SSSR count). The van der Waals surface area contributed by atoms with Gasteiger partial charge in [-0.25, -0.2) is 4.39 Å². The fourth-order valence-corrected chi connectivity index (χ4v) is 1.14. The van der Waals surface area contributed by atoms with E-state index in [0.29, 0.717) is 13.0 Å². The summed E-state index contributed by atoms with van der Waals surface area (Å²) in [4.78, 5) is 12.3. The number of thiol groups is 1. The Balaban J connectivity index is 2.46. The minimum Gasteiger partial charge on any atom is -0.337 e. The Kier molecular flexibility index (Phi) is 3.95. The quantitative estimate of drug-likeness (QED) is 0.764. The molecule has 0 radical (unpaired) electrons. The highest BCUT2D eigenvalue weighted by molar-refractivity contribution is 7.96. The molecule has 0 bridgehead atoms. The van der Waals surface area contributed by atoms with Gasteiger partial charge in [-0.1, -0.05) is 24.8 Å². The van der Waals surface area contributed by atoms with Crippen LogP contribution in [0.25, 0.3) is 0 Å². The number of hydrogen-bond donors (Lipinski definition) is 1. The highest BCUT2D eigenvalue weighted by atomic mass is 32.1. The molecule has 4 heteroatoms. The number of carbonyl (C=O) groups is 1. The van der Waals surface area contributed by atoms with Gasteiger partial charge < -0.3 is 4.90 Å². The Morgan fingerprint density at radius 2 is 2.00 bits per heavy atom. The van der Waals surface area contributed by atoms with Crippen LogP contribution < -0.4 is 0 Å². The Morgan fingerprint density at radius 3 is 2.50 bits per heavy atom. The normalized spacial score (nSPS) is 9.93. The molecule has 0 aromatic heterocycles. The van der Waals surface area contributed by atoms with E-state index >= 15 is 0 Å². The second-order valence-electron chi connectivity index (χ2n) is 3.08. The van der Waals surface area contributed by atoms with Crippen molar-refractivity contribution in [2.75, 3.05) is 13.6 Å². The van der Waals surface area contributed by atoms with Crippen LogP contribution in [-0.2, 0) is 6.42 Å². The summed E-state index contributed by atoms with van der Waals surface area (Å²) in [6.45, 7) is 0.591. The molecule has 2 nitrogen and oxygen atoms in total. The standard InChI is InChI=1S/C10H12FNOS/c1-12(10(13)14)7-6-8-2-4-9(11)5-3-8/h2-5H,6-7H2,1H3,(H,13,14). The second-order valence-corrected chi connectivity index (χ2v) is 3.46. The summed E-state index contributed by atoms with van der Waals surface area (Å²) in [6.07, 6.45) is 0.711. The van der Waals surface area contributed by atoms with Crippen LogP contribution in [0.4, 0.5) is 9.18 Å². The zero-order valence-electron chi connectivity index (χ0n) is 7.90. The van der Waals surface area contributed by atoms with Crippen molar-refractivity contribution < 1.29 is 9.18 Å². The third-order valence-electron chi connectivity index (χ3n) is 1.98. The van der Waals surface area contributed by atoms with Crippen LogP contribution in [0, 0.1) is 5.82 Å². The average Bonchev–Trinajstić information content (AvgIpc) is 2.16. The molecule has 0 heterocycles. The van der Waals surface area contributed by atoms with Crippen molar-refractivity contribution in [2.24, 2.45) is 0 Å². The van der Waals surface area contributed by atoms with E-state index in [0.717, 1.165) is 5.56 Å². The molecule has 0 atom stereocenters.